The van der Waals surface area contributed by atoms with E-state index in [9.17, 15) is 14.4 Å². The van der Waals surface area contributed by atoms with Crippen LogP contribution in [0.1, 0.15) is 17.3 Å². The monoisotopic (exact) mass is 293 g/mol. The first-order valence-electron chi connectivity index (χ1n) is 6.46. The zero-order chi connectivity index (χ0) is 16.0. The second-order valence-corrected chi connectivity index (χ2v) is 4.45. The summed E-state index contributed by atoms with van der Waals surface area (Å²) < 4.78 is 0. The first kappa shape index (κ1) is 16.5. The lowest BCUT2D eigenvalue weighted by molar-refractivity contribution is -0.128. The summed E-state index contributed by atoms with van der Waals surface area (Å²) in [4.78, 5) is 37.4. The average molecular weight is 293 g/mol. The second-order valence-electron chi connectivity index (χ2n) is 4.45. The summed E-state index contributed by atoms with van der Waals surface area (Å²) in [5, 5.41) is 11.6. The average Bonchev–Trinajstić information content (AvgIpc) is 2.50. The van der Waals surface area contributed by atoms with Crippen LogP contribution in [0.4, 0.5) is 10.5 Å². The van der Waals surface area contributed by atoms with Crippen molar-refractivity contribution in [3.8, 4) is 0 Å². The molecule has 21 heavy (non-hydrogen) atoms. The van der Waals surface area contributed by atoms with Gasteiger partial charge in [-0.3, -0.25) is 9.69 Å². The van der Waals surface area contributed by atoms with Crippen molar-refractivity contribution in [2.24, 2.45) is 0 Å². The first-order valence-corrected chi connectivity index (χ1v) is 6.46. The molecule has 1 aromatic rings. The van der Waals surface area contributed by atoms with Gasteiger partial charge in [-0.05, 0) is 19.1 Å². The van der Waals surface area contributed by atoms with Gasteiger partial charge in [-0.1, -0.05) is 12.1 Å². The molecule has 1 rings (SSSR count). The summed E-state index contributed by atoms with van der Waals surface area (Å²) in [6.07, 6.45) is 0. The minimum Gasteiger partial charge on any atom is -0.478 e. The quantitative estimate of drug-likeness (QED) is 0.847. The highest BCUT2D eigenvalue weighted by Crippen LogP contribution is 2.18. The minimum atomic E-state index is -1.12. The molecule has 0 spiro atoms. The molecule has 114 valence electrons. The Bertz CT molecular complexity index is 545. The van der Waals surface area contributed by atoms with E-state index in [-0.39, 0.29) is 23.7 Å². The third-order valence-corrected chi connectivity index (χ3v) is 3.09. The number of nitrogens with zero attached hydrogens (tertiary/aromatic N) is 2. The van der Waals surface area contributed by atoms with Gasteiger partial charge in [0.15, 0.2) is 0 Å². The van der Waals surface area contributed by atoms with Gasteiger partial charge in [0.25, 0.3) is 0 Å². The van der Waals surface area contributed by atoms with Crippen LogP contribution in [0.5, 0.6) is 0 Å². The maximum Gasteiger partial charge on any atom is 0.337 e. The molecule has 0 aliphatic heterocycles. The van der Waals surface area contributed by atoms with Crippen LogP contribution in [0.3, 0.4) is 0 Å². The molecule has 0 radical (unpaired) electrons. The molecule has 0 aliphatic carbocycles. The Morgan fingerprint density at radius 2 is 1.81 bits per heavy atom. The van der Waals surface area contributed by atoms with Gasteiger partial charge in [-0.2, -0.15) is 0 Å². The van der Waals surface area contributed by atoms with Crippen molar-refractivity contribution in [3.63, 3.8) is 0 Å². The number of hydrogen-bond acceptors (Lipinski definition) is 3. The summed E-state index contributed by atoms with van der Waals surface area (Å²) >= 11 is 0. The normalized spacial score (nSPS) is 9.86. The lowest BCUT2D eigenvalue weighted by Crippen LogP contribution is -2.43. The van der Waals surface area contributed by atoms with Crippen LogP contribution in [0, 0.1) is 0 Å². The molecule has 0 atom stereocenters. The van der Waals surface area contributed by atoms with E-state index in [1.807, 2.05) is 6.92 Å². The molecule has 0 aromatic heterocycles. The Morgan fingerprint density at radius 1 is 1.19 bits per heavy atom. The van der Waals surface area contributed by atoms with Crippen molar-refractivity contribution in [1.29, 1.82) is 0 Å². The summed E-state index contributed by atoms with van der Waals surface area (Å²) in [5.74, 6) is -1.34. The van der Waals surface area contributed by atoms with Crippen molar-refractivity contribution in [1.82, 2.24) is 10.2 Å². The molecule has 0 saturated carbocycles. The largest absolute Gasteiger partial charge is 0.478 e. The lowest BCUT2D eigenvalue weighted by atomic mass is 10.1. The molecular weight excluding hydrogens is 274 g/mol. The fraction of sp³-hybridized carbons (Fsp3) is 0.357. The van der Waals surface area contributed by atoms with Gasteiger partial charge in [0.05, 0.1) is 17.8 Å². The number of likely N-dealkylation sites (N-methyl/N-ethyl adjacent to an activating group) is 1. The van der Waals surface area contributed by atoms with E-state index in [2.05, 4.69) is 5.32 Å². The third kappa shape index (κ3) is 4.20. The molecule has 3 amide bonds. The molecule has 0 heterocycles. The van der Waals surface area contributed by atoms with Crippen LogP contribution < -0.4 is 10.2 Å². The maximum absolute atomic E-state index is 12.0. The number of rotatable bonds is 5. The molecule has 1 aromatic carbocycles. The highest BCUT2D eigenvalue weighted by atomic mass is 16.4. The number of carbonyl (C=O) groups is 3. The number of carboxylic acid groups (broad SMARTS) is 1. The summed E-state index contributed by atoms with van der Waals surface area (Å²) in [7, 11) is 3.09. The van der Waals surface area contributed by atoms with Gasteiger partial charge in [0.1, 0.15) is 0 Å². The summed E-state index contributed by atoms with van der Waals surface area (Å²) in [6, 6.07) is 5.63. The van der Waals surface area contributed by atoms with Crippen LogP contribution in [-0.2, 0) is 4.79 Å². The Morgan fingerprint density at radius 3 is 2.38 bits per heavy atom. The van der Waals surface area contributed by atoms with Gasteiger partial charge >= 0.3 is 12.0 Å². The van der Waals surface area contributed by atoms with Crippen LogP contribution in [0.15, 0.2) is 24.3 Å². The van der Waals surface area contributed by atoms with Gasteiger partial charge in [-0.25, -0.2) is 9.59 Å². The Hall–Kier alpha value is -2.57. The second kappa shape index (κ2) is 7.28. The molecule has 0 unspecified atom stereocenters. The number of urea groups is 1. The smallest absolute Gasteiger partial charge is 0.337 e. The number of carboxylic acids is 1. The topological polar surface area (TPSA) is 90.0 Å². The van der Waals surface area contributed by atoms with Gasteiger partial charge in [-0.15, -0.1) is 0 Å². The lowest BCUT2D eigenvalue weighted by Gasteiger charge is -2.21. The molecule has 2 N–H and O–H groups in total. The Balaban J connectivity index is 2.76. The Kier molecular flexibility index (Phi) is 5.71. The zero-order valence-electron chi connectivity index (χ0n) is 12.3. The standard InChI is InChI=1S/C14H19N3O4/c1-4-16(2)12(18)9-15-14(21)17(3)11-8-6-5-7-10(11)13(19)20/h5-8H,4,9H2,1-3H3,(H,15,21)(H,19,20). The van der Waals surface area contributed by atoms with Crippen molar-refractivity contribution in [2.45, 2.75) is 6.92 Å². The van der Waals surface area contributed by atoms with Crippen molar-refractivity contribution in [2.75, 3.05) is 32.1 Å². The Labute approximate surface area is 123 Å². The summed E-state index contributed by atoms with van der Waals surface area (Å²) in [6.45, 7) is 2.24. The maximum atomic E-state index is 12.0. The number of para-hydroxylation sites is 1. The zero-order valence-corrected chi connectivity index (χ0v) is 12.3. The van der Waals surface area contributed by atoms with Crippen molar-refractivity contribution >= 4 is 23.6 Å². The number of hydrogen-bond donors (Lipinski definition) is 2. The van der Waals surface area contributed by atoms with Crippen molar-refractivity contribution in [3.05, 3.63) is 29.8 Å². The number of amides is 3. The van der Waals surface area contributed by atoms with Gasteiger partial charge in [0.2, 0.25) is 5.91 Å². The fourth-order valence-electron chi connectivity index (χ4n) is 1.64. The van der Waals surface area contributed by atoms with Crippen LogP contribution in [0.25, 0.3) is 0 Å². The van der Waals surface area contributed by atoms with Gasteiger partial charge < -0.3 is 15.3 Å². The molecule has 0 aliphatic rings. The predicted molar refractivity (Wildman–Crippen MR) is 78.5 cm³/mol. The molecule has 0 bridgehead atoms. The van der Waals surface area contributed by atoms with Crippen LogP contribution in [-0.4, -0.2) is 55.1 Å². The molecule has 0 saturated heterocycles. The molecule has 7 nitrogen and oxygen atoms in total. The van der Waals surface area contributed by atoms with E-state index >= 15 is 0 Å². The molecule has 0 fully saturated rings. The summed E-state index contributed by atoms with van der Waals surface area (Å²) in [5.41, 5.74) is 0.283. The van der Waals surface area contributed by atoms with Crippen LogP contribution >= 0.6 is 0 Å². The van der Waals surface area contributed by atoms with E-state index in [0.29, 0.717) is 6.54 Å². The minimum absolute atomic E-state index is 0.0205. The fourth-order valence-corrected chi connectivity index (χ4v) is 1.64. The number of nitrogens with one attached hydrogen (secondary N) is 1. The van der Waals surface area contributed by atoms with E-state index in [0.717, 1.165) is 0 Å². The van der Waals surface area contributed by atoms with Crippen molar-refractivity contribution < 1.29 is 19.5 Å². The van der Waals surface area contributed by atoms with Crippen LogP contribution in [0.2, 0.25) is 0 Å². The van der Waals surface area contributed by atoms with E-state index < -0.39 is 12.0 Å². The highest BCUT2D eigenvalue weighted by molar-refractivity contribution is 6.01. The number of aromatic carboxylic acids is 1. The van der Waals surface area contributed by atoms with E-state index in [1.165, 1.54) is 29.0 Å². The number of benzene rings is 1. The molecule has 7 heteroatoms. The predicted octanol–water partition coefficient (Wildman–Crippen LogP) is 1.01. The SMILES string of the molecule is CCN(C)C(=O)CNC(=O)N(C)c1ccccc1C(=O)O. The van der Waals surface area contributed by atoms with E-state index in [1.54, 1.807) is 19.2 Å². The highest BCUT2D eigenvalue weighted by Gasteiger charge is 2.18. The first-order chi connectivity index (χ1) is 9.88. The van der Waals surface area contributed by atoms with Gasteiger partial charge in [0, 0.05) is 20.6 Å². The molecular formula is C14H19N3O4. The number of anilines is 1. The van der Waals surface area contributed by atoms with E-state index in [4.69, 9.17) is 5.11 Å². The third-order valence-electron chi connectivity index (χ3n) is 3.09. The number of carbonyl (C=O) groups excluding carboxylic acids is 2.